The molecule has 7 aromatic carbocycles. The summed E-state index contributed by atoms with van der Waals surface area (Å²) in [5.74, 6) is 0.975. The minimum absolute atomic E-state index is 0.244. The lowest BCUT2D eigenvalue weighted by atomic mass is 9.65. The van der Waals surface area contributed by atoms with Gasteiger partial charge in [-0.25, -0.2) is 0 Å². The van der Waals surface area contributed by atoms with Gasteiger partial charge in [0.1, 0.15) is 23.0 Å². The van der Waals surface area contributed by atoms with E-state index in [-0.39, 0.29) is 23.0 Å². The van der Waals surface area contributed by atoms with Crippen molar-refractivity contribution in [3.63, 3.8) is 0 Å². The van der Waals surface area contributed by atoms with Crippen LogP contribution in [0.2, 0.25) is 0 Å². The summed E-state index contributed by atoms with van der Waals surface area (Å²) in [6.07, 6.45) is 0. The van der Waals surface area contributed by atoms with E-state index in [0.29, 0.717) is 0 Å². The van der Waals surface area contributed by atoms with Crippen molar-refractivity contribution in [1.82, 2.24) is 0 Å². The largest absolute Gasteiger partial charge is 0.508 e. The van der Waals surface area contributed by atoms with Crippen LogP contribution in [0, 0.1) is 27.7 Å². The van der Waals surface area contributed by atoms with E-state index >= 15 is 0 Å². The SMILES string of the molecule is Cc1cc(C2(c3ccc(O)c(C)c3)c3ccccc3-c3cc4c(cc32)-c2ccccc2C4(c2ccc(O)c(C)c2)c2ccc(O)c(C)c2)ccc1O. The van der Waals surface area contributed by atoms with Gasteiger partial charge in [-0.1, -0.05) is 97.1 Å². The Hall–Kier alpha value is -6.26. The zero-order valence-corrected chi connectivity index (χ0v) is 29.5. The molecule has 0 bridgehead atoms. The number of hydrogen-bond acceptors (Lipinski definition) is 4. The standard InChI is InChI=1S/C48H38O4/c1-27-21-31(13-17-43(27)49)47(32-14-18-44(50)28(2)22-32)39-11-7-5-9-35(39)37-26-42-38(25-41(37)47)36-10-6-8-12-40(36)48(42,33-15-19-45(51)29(3)23-33)34-16-20-46(52)30(4)24-34/h5-26,49-52H,1-4H3. The highest BCUT2D eigenvalue weighted by molar-refractivity contribution is 5.94. The number of phenolic OH excluding ortho intramolecular Hbond substituents is 4. The number of aryl methyl sites for hydroxylation is 4. The third-order valence-electron chi connectivity index (χ3n) is 11.7. The number of phenols is 4. The first-order valence-corrected chi connectivity index (χ1v) is 17.7. The molecular formula is C48H38O4. The molecule has 2 aliphatic carbocycles. The van der Waals surface area contributed by atoms with E-state index in [1.54, 1.807) is 24.3 Å². The van der Waals surface area contributed by atoms with Crippen LogP contribution in [0.4, 0.5) is 0 Å². The Morgan fingerprint density at radius 2 is 0.596 bits per heavy atom. The van der Waals surface area contributed by atoms with Crippen LogP contribution in [0.1, 0.15) is 66.8 Å². The lowest BCUT2D eigenvalue weighted by Gasteiger charge is -2.36. The second kappa shape index (κ2) is 11.1. The van der Waals surface area contributed by atoms with Gasteiger partial charge < -0.3 is 20.4 Å². The lowest BCUT2D eigenvalue weighted by Crippen LogP contribution is -2.30. The van der Waals surface area contributed by atoms with Crippen LogP contribution in [0.3, 0.4) is 0 Å². The fourth-order valence-corrected chi connectivity index (χ4v) is 9.18. The van der Waals surface area contributed by atoms with E-state index in [0.717, 1.165) is 89.0 Å². The maximum absolute atomic E-state index is 10.7. The fourth-order valence-electron chi connectivity index (χ4n) is 9.18. The Kier molecular flexibility index (Phi) is 6.78. The zero-order chi connectivity index (χ0) is 36.1. The molecule has 7 aromatic rings. The molecule has 0 saturated carbocycles. The summed E-state index contributed by atoms with van der Waals surface area (Å²) in [6.45, 7) is 7.73. The smallest absolute Gasteiger partial charge is 0.118 e. The molecule has 4 heteroatoms. The minimum Gasteiger partial charge on any atom is -0.508 e. The average Bonchev–Trinajstić information content (AvgIpc) is 3.60. The maximum atomic E-state index is 10.7. The quantitative estimate of drug-likeness (QED) is 0.149. The van der Waals surface area contributed by atoms with Gasteiger partial charge in [-0.3, -0.25) is 0 Å². The molecule has 9 rings (SSSR count). The van der Waals surface area contributed by atoms with Crippen molar-refractivity contribution >= 4 is 0 Å². The number of fused-ring (bicyclic) bond motifs is 6. The van der Waals surface area contributed by atoms with Crippen molar-refractivity contribution in [2.24, 2.45) is 0 Å². The molecule has 0 aliphatic heterocycles. The number of aromatic hydroxyl groups is 4. The molecule has 4 N–H and O–H groups in total. The third-order valence-corrected chi connectivity index (χ3v) is 11.7. The van der Waals surface area contributed by atoms with Crippen LogP contribution >= 0.6 is 0 Å². The minimum atomic E-state index is -0.762. The molecule has 0 spiro atoms. The van der Waals surface area contributed by atoms with Crippen molar-refractivity contribution in [2.45, 2.75) is 38.5 Å². The topological polar surface area (TPSA) is 80.9 Å². The van der Waals surface area contributed by atoms with E-state index < -0.39 is 10.8 Å². The Morgan fingerprint density at radius 3 is 0.885 bits per heavy atom. The summed E-state index contributed by atoms with van der Waals surface area (Å²) in [5.41, 5.74) is 14.7. The van der Waals surface area contributed by atoms with Crippen LogP contribution in [0.25, 0.3) is 22.3 Å². The summed E-state index contributed by atoms with van der Waals surface area (Å²) in [5, 5.41) is 42.9. The molecule has 254 valence electrons. The first-order chi connectivity index (χ1) is 25.1. The highest BCUT2D eigenvalue weighted by Gasteiger charge is 2.51. The fraction of sp³-hybridized carbons (Fsp3) is 0.125. The van der Waals surface area contributed by atoms with Crippen LogP contribution in [-0.4, -0.2) is 20.4 Å². The van der Waals surface area contributed by atoms with Gasteiger partial charge in [0.25, 0.3) is 0 Å². The van der Waals surface area contributed by atoms with Crippen molar-refractivity contribution in [3.8, 4) is 45.3 Å². The van der Waals surface area contributed by atoms with Crippen molar-refractivity contribution in [2.75, 3.05) is 0 Å². The third kappa shape index (κ3) is 4.09. The van der Waals surface area contributed by atoms with Crippen LogP contribution in [0.5, 0.6) is 23.0 Å². The van der Waals surface area contributed by atoms with Gasteiger partial charge in [0.05, 0.1) is 10.8 Å². The van der Waals surface area contributed by atoms with E-state index in [1.807, 2.05) is 52.0 Å². The molecule has 0 atom stereocenters. The summed E-state index contributed by atoms with van der Waals surface area (Å²) < 4.78 is 0. The molecule has 0 unspecified atom stereocenters. The molecule has 4 nitrogen and oxygen atoms in total. The highest BCUT2D eigenvalue weighted by atomic mass is 16.3. The first-order valence-electron chi connectivity index (χ1n) is 17.7. The zero-order valence-electron chi connectivity index (χ0n) is 29.5. The lowest BCUT2D eigenvalue weighted by molar-refractivity contribution is 0.469. The van der Waals surface area contributed by atoms with Gasteiger partial charge in [0.2, 0.25) is 0 Å². The Bertz CT molecular complexity index is 2350. The molecule has 0 heterocycles. The number of hydrogen-bond donors (Lipinski definition) is 4. The van der Waals surface area contributed by atoms with Gasteiger partial charge in [0.15, 0.2) is 0 Å². The second-order valence-electron chi connectivity index (χ2n) is 14.5. The van der Waals surface area contributed by atoms with Crippen molar-refractivity contribution < 1.29 is 20.4 Å². The summed E-state index contributed by atoms with van der Waals surface area (Å²) in [7, 11) is 0. The predicted molar refractivity (Wildman–Crippen MR) is 207 cm³/mol. The summed E-state index contributed by atoms with van der Waals surface area (Å²) in [4.78, 5) is 0. The molecular weight excluding hydrogens is 641 g/mol. The highest BCUT2D eigenvalue weighted by Crippen LogP contribution is 2.63. The maximum Gasteiger partial charge on any atom is 0.118 e. The first kappa shape index (κ1) is 31.7. The van der Waals surface area contributed by atoms with Crippen molar-refractivity contribution in [1.29, 1.82) is 0 Å². The van der Waals surface area contributed by atoms with Crippen LogP contribution in [-0.2, 0) is 10.8 Å². The molecule has 52 heavy (non-hydrogen) atoms. The monoisotopic (exact) mass is 678 g/mol. The van der Waals surface area contributed by atoms with Crippen molar-refractivity contribution in [3.05, 3.63) is 200 Å². The van der Waals surface area contributed by atoms with Gasteiger partial charge in [-0.05, 0) is 153 Å². The van der Waals surface area contributed by atoms with E-state index in [2.05, 4.69) is 84.9 Å². The molecule has 0 fully saturated rings. The van der Waals surface area contributed by atoms with E-state index in [9.17, 15) is 20.4 Å². The molecule has 0 saturated heterocycles. The molecule has 0 amide bonds. The predicted octanol–water partition coefficient (Wildman–Crippen LogP) is 10.5. The Morgan fingerprint density at radius 1 is 0.308 bits per heavy atom. The Labute approximate surface area is 303 Å². The summed E-state index contributed by atoms with van der Waals surface area (Å²) >= 11 is 0. The number of rotatable bonds is 4. The molecule has 0 aromatic heterocycles. The number of benzene rings is 7. The average molecular weight is 679 g/mol. The molecule has 2 aliphatic rings. The van der Waals surface area contributed by atoms with Gasteiger partial charge >= 0.3 is 0 Å². The van der Waals surface area contributed by atoms with E-state index in [4.69, 9.17) is 0 Å². The van der Waals surface area contributed by atoms with E-state index in [1.165, 1.54) is 0 Å². The van der Waals surface area contributed by atoms with Crippen LogP contribution in [0.15, 0.2) is 133 Å². The Balaban J connectivity index is 1.47. The van der Waals surface area contributed by atoms with Gasteiger partial charge in [-0.15, -0.1) is 0 Å². The second-order valence-corrected chi connectivity index (χ2v) is 14.5. The van der Waals surface area contributed by atoms with Gasteiger partial charge in [0, 0.05) is 0 Å². The van der Waals surface area contributed by atoms with Gasteiger partial charge in [-0.2, -0.15) is 0 Å². The normalized spacial score (nSPS) is 14.4. The molecule has 0 radical (unpaired) electrons. The van der Waals surface area contributed by atoms with Crippen LogP contribution < -0.4 is 0 Å². The summed E-state index contributed by atoms with van der Waals surface area (Å²) in [6, 6.07) is 45.5.